The van der Waals surface area contributed by atoms with Crippen molar-refractivity contribution in [3.05, 3.63) is 66.0 Å². The van der Waals surface area contributed by atoms with Gasteiger partial charge in [0, 0.05) is 35.1 Å². The number of halogens is 3. The maximum atomic E-state index is 12.9. The highest BCUT2D eigenvalue weighted by molar-refractivity contribution is 5.92. The molecule has 0 unspecified atom stereocenters. The number of aromatic amines is 1. The van der Waals surface area contributed by atoms with Crippen LogP contribution in [0, 0.1) is 0 Å². The summed E-state index contributed by atoms with van der Waals surface area (Å²) in [7, 11) is 0. The van der Waals surface area contributed by atoms with E-state index in [1.165, 1.54) is 12.3 Å². The van der Waals surface area contributed by atoms with Gasteiger partial charge >= 0.3 is 12.1 Å². The molecule has 0 saturated heterocycles. The number of alkyl halides is 3. The summed E-state index contributed by atoms with van der Waals surface area (Å²) in [4.78, 5) is 18.1. The third kappa shape index (κ3) is 4.61. The topological polar surface area (TPSA) is 84.4 Å². The van der Waals surface area contributed by atoms with Gasteiger partial charge in [0.15, 0.2) is 0 Å². The van der Waals surface area contributed by atoms with E-state index in [2.05, 4.69) is 9.97 Å². The lowest BCUT2D eigenvalue weighted by Crippen LogP contribution is -2.07. The Morgan fingerprint density at radius 2 is 1.84 bits per heavy atom. The van der Waals surface area contributed by atoms with Crippen LogP contribution in [-0.2, 0) is 17.4 Å². The predicted octanol–water partition coefficient (Wildman–Crippen LogP) is 5.21. The Labute approximate surface area is 180 Å². The number of carbonyl (C=O) groups is 1. The fraction of sp³-hybridized carbons (Fsp3) is 0.217. The maximum absolute atomic E-state index is 12.9. The van der Waals surface area contributed by atoms with E-state index in [1.807, 2.05) is 12.1 Å². The number of fused-ring (bicyclic) bond motifs is 2. The molecule has 2 aromatic heterocycles. The Morgan fingerprint density at radius 1 is 1.06 bits per heavy atom. The number of H-pyrrole nitrogens is 1. The second kappa shape index (κ2) is 8.78. The summed E-state index contributed by atoms with van der Waals surface area (Å²) >= 11 is 0. The number of carboxylic acid groups (broad SMARTS) is 1. The number of benzene rings is 2. The van der Waals surface area contributed by atoms with Gasteiger partial charge in [0.25, 0.3) is 0 Å². The van der Waals surface area contributed by atoms with Crippen molar-refractivity contribution in [3.63, 3.8) is 0 Å². The van der Waals surface area contributed by atoms with Crippen LogP contribution in [0.25, 0.3) is 21.8 Å². The second-order valence-electron chi connectivity index (χ2n) is 7.15. The minimum atomic E-state index is -4.43. The molecule has 9 heteroatoms. The van der Waals surface area contributed by atoms with Gasteiger partial charge in [-0.15, -0.1) is 0 Å². The molecule has 0 fully saturated rings. The monoisotopic (exact) mass is 444 g/mol. The van der Waals surface area contributed by atoms with Crippen LogP contribution < -0.4 is 9.47 Å². The van der Waals surface area contributed by atoms with Crippen LogP contribution in [-0.4, -0.2) is 34.3 Å². The van der Waals surface area contributed by atoms with E-state index in [0.717, 1.165) is 23.0 Å². The quantitative estimate of drug-likeness (QED) is 0.365. The lowest BCUT2D eigenvalue weighted by molar-refractivity contribution is -0.138. The van der Waals surface area contributed by atoms with Gasteiger partial charge in [-0.05, 0) is 42.0 Å². The summed E-state index contributed by atoms with van der Waals surface area (Å²) in [6.07, 6.45) is -0.969. The molecule has 166 valence electrons. The van der Waals surface area contributed by atoms with E-state index >= 15 is 0 Å². The summed E-state index contributed by atoms with van der Waals surface area (Å²) in [5.74, 6) is 0.0929. The maximum Gasteiger partial charge on any atom is 0.416 e. The van der Waals surface area contributed by atoms with Crippen molar-refractivity contribution in [1.29, 1.82) is 0 Å². The molecule has 6 nitrogen and oxygen atoms in total. The SMILES string of the molecule is O=C(O)Cc1c[nH]c2cccc(OCCCOc3ccnc4cc(C(F)(F)F)ccc34)c12. The van der Waals surface area contributed by atoms with Crippen molar-refractivity contribution in [3.8, 4) is 11.5 Å². The van der Waals surface area contributed by atoms with Crippen LogP contribution in [0.3, 0.4) is 0 Å². The average molecular weight is 444 g/mol. The molecule has 0 amide bonds. The molecule has 0 aliphatic carbocycles. The van der Waals surface area contributed by atoms with Gasteiger partial charge in [0.05, 0.1) is 30.7 Å². The molecule has 32 heavy (non-hydrogen) atoms. The van der Waals surface area contributed by atoms with Crippen LogP contribution >= 0.6 is 0 Å². The lowest BCUT2D eigenvalue weighted by Gasteiger charge is -2.12. The Kier molecular flexibility index (Phi) is 5.89. The number of pyridine rings is 1. The number of hydrogen-bond donors (Lipinski definition) is 2. The van der Waals surface area contributed by atoms with E-state index < -0.39 is 17.7 Å². The fourth-order valence-corrected chi connectivity index (χ4v) is 3.49. The third-order valence-electron chi connectivity index (χ3n) is 4.92. The van der Waals surface area contributed by atoms with Gasteiger partial charge in [0.1, 0.15) is 11.5 Å². The molecule has 0 radical (unpaired) electrons. The Balaban J connectivity index is 1.39. The van der Waals surface area contributed by atoms with Gasteiger partial charge in [0.2, 0.25) is 0 Å². The van der Waals surface area contributed by atoms with Crippen molar-refractivity contribution < 1.29 is 32.5 Å². The summed E-state index contributed by atoms with van der Waals surface area (Å²) < 4.78 is 50.3. The number of rotatable bonds is 8. The normalized spacial score (nSPS) is 11.7. The first-order chi connectivity index (χ1) is 15.3. The molecule has 0 aliphatic rings. The van der Waals surface area contributed by atoms with Crippen molar-refractivity contribution in [1.82, 2.24) is 9.97 Å². The predicted molar refractivity (Wildman–Crippen MR) is 112 cm³/mol. The molecular formula is C23H19F3N2O4. The van der Waals surface area contributed by atoms with Gasteiger partial charge < -0.3 is 19.6 Å². The molecule has 4 rings (SSSR count). The van der Waals surface area contributed by atoms with Crippen molar-refractivity contribution in [2.75, 3.05) is 13.2 Å². The zero-order valence-electron chi connectivity index (χ0n) is 16.8. The Bertz CT molecular complexity index is 1270. The van der Waals surface area contributed by atoms with Gasteiger partial charge in [-0.1, -0.05) is 6.07 Å². The molecule has 2 heterocycles. The summed E-state index contributed by atoms with van der Waals surface area (Å²) in [6, 6.07) is 10.4. The zero-order valence-corrected chi connectivity index (χ0v) is 16.8. The van der Waals surface area contributed by atoms with Crippen LogP contribution in [0.1, 0.15) is 17.5 Å². The molecule has 0 atom stereocenters. The van der Waals surface area contributed by atoms with Crippen molar-refractivity contribution in [2.24, 2.45) is 0 Å². The van der Waals surface area contributed by atoms with E-state index in [1.54, 1.807) is 18.3 Å². The molecule has 0 spiro atoms. The number of aromatic nitrogens is 2. The molecule has 4 aromatic rings. The second-order valence-corrected chi connectivity index (χ2v) is 7.15. The van der Waals surface area contributed by atoms with Crippen LogP contribution in [0.4, 0.5) is 13.2 Å². The van der Waals surface area contributed by atoms with E-state index in [4.69, 9.17) is 14.6 Å². The first-order valence-corrected chi connectivity index (χ1v) is 9.85. The highest BCUT2D eigenvalue weighted by atomic mass is 19.4. The fourth-order valence-electron chi connectivity index (χ4n) is 3.49. The number of ether oxygens (including phenoxy) is 2. The first kappa shape index (κ1) is 21.5. The number of hydrogen-bond acceptors (Lipinski definition) is 4. The van der Waals surface area contributed by atoms with Crippen LogP contribution in [0.5, 0.6) is 11.5 Å². The lowest BCUT2D eigenvalue weighted by atomic mass is 10.1. The number of aliphatic carboxylic acids is 1. The van der Waals surface area contributed by atoms with Gasteiger partial charge in [-0.2, -0.15) is 13.2 Å². The standard InChI is InChI=1S/C23H19F3N2O4/c24-23(25,26)15-5-6-16-18(12-15)27-8-7-19(16)31-9-2-10-32-20-4-1-3-17-22(20)14(13-28-17)11-21(29)30/h1,3-8,12-13,28H,2,9-11H2,(H,29,30). The van der Waals surface area contributed by atoms with E-state index in [9.17, 15) is 18.0 Å². The minimum absolute atomic E-state index is 0.116. The Morgan fingerprint density at radius 3 is 2.59 bits per heavy atom. The summed E-state index contributed by atoms with van der Waals surface area (Å²) in [5.41, 5.74) is 0.875. The molecule has 0 bridgehead atoms. The highest BCUT2D eigenvalue weighted by Gasteiger charge is 2.30. The largest absolute Gasteiger partial charge is 0.493 e. The molecule has 0 aliphatic heterocycles. The van der Waals surface area contributed by atoms with Crippen LogP contribution in [0.2, 0.25) is 0 Å². The summed E-state index contributed by atoms with van der Waals surface area (Å²) in [5, 5.41) is 10.3. The van der Waals surface area contributed by atoms with Crippen molar-refractivity contribution >= 4 is 27.8 Å². The van der Waals surface area contributed by atoms with E-state index in [-0.39, 0.29) is 18.5 Å². The number of nitrogens with zero attached hydrogens (tertiary/aromatic N) is 1. The molecule has 2 aromatic carbocycles. The molecule has 2 N–H and O–H groups in total. The van der Waals surface area contributed by atoms with Crippen molar-refractivity contribution in [2.45, 2.75) is 19.0 Å². The third-order valence-corrected chi connectivity index (χ3v) is 4.92. The number of nitrogens with one attached hydrogen (secondary N) is 1. The molecular weight excluding hydrogens is 425 g/mol. The van der Waals surface area contributed by atoms with Gasteiger partial charge in [-0.25, -0.2) is 0 Å². The minimum Gasteiger partial charge on any atom is -0.493 e. The zero-order chi connectivity index (χ0) is 22.7. The summed E-state index contributed by atoms with van der Waals surface area (Å²) in [6.45, 7) is 0.600. The Hall–Kier alpha value is -3.75. The van der Waals surface area contributed by atoms with Crippen LogP contribution in [0.15, 0.2) is 54.9 Å². The highest BCUT2D eigenvalue weighted by Crippen LogP contribution is 2.33. The molecule has 0 saturated carbocycles. The van der Waals surface area contributed by atoms with E-state index in [0.29, 0.717) is 35.5 Å². The van der Waals surface area contributed by atoms with Gasteiger partial charge in [-0.3, -0.25) is 9.78 Å². The number of carboxylic acids is 1. The average Bonchev–Trinajstić information content (AvgIpc) is 3.15. The smallest absolute Gasteiger partial charge is 0.416 e. The first-order valence-electron chi connectivity index (χ1n) is 9.85.